The van der Waals surface area contributed by atoms with E-state index in [-0.39, 0.29) is 17.9 Å². The van der Waals surface area contributed by atoms with Crippen molar-refractivity contribution in [1.29, 1.82) is 0 Å². The van der Waals surface area contributed by atoms with Crippen molar-refractivity contribution in [2.24, 2.45) is 0 Å². The smallest absolute Gasteiger partial charge is 0.275 e. The number of nitrogens with one attached hydrogen (secondary N) is 3. The molecule has 0 bridgehead atoms. The summed E-state index contributed by atoms with van der Waals surface area (Å²) < 4.78 is 0. The Balaban J connectivity index is 1.74. The number of aromatic amines is 1. The molecule has 3 heterocycles. The van der Waals surface area contributed by atoms with Crippen LogP contribution in [0.5, 0.6) is 0 Å². The molecular weight excluding hydrogens is 314 g/mol. The van der Waals surface area contributed by atoms with Gasteiger partial charge in [0.1, 0.15) is 5.70 Å². The lowest BCUT2D eigenvalue weighted by Crippen LogP contribution is -2.30. The Morgan fingerprint density at radius 2 is 1.76 bits per heavy atom. The first kappa shape index (κ1) is 14.0. The lowest BCUT2D eigenvalue weighted by molar-refractivity contribution is -0.123. The van der Waals surface area contributed by atoms with Crippen LogP contribution < -0.4 is 10.6 Å². The van der Waals surface area contributed by atoms with E-state index in [1.165, 1.54) is 5.56 Å². The Morgan fingerprint density at radius 3 is 2.60 bits per heavy atom. The summed E-state index contributed by atoms with van der Waals surface area (Å²) in [5, 5.41) is 6.74. The monoisotopic (exact) mass is 329 g/mol. The maximum Gasteiger partial charge on any atom is 0.275 e. The first-order valence-electron chi connectivity index (χ1n) is 8.23. The van der Waals surface area contributed by atoms with Crippen LogP contribution in [-0.2, 0) is 16.0 Å². The SMILES string of the molecule is O=C1NC(=O)C2=C1NC(Cc1ccccc1)c1cccc3[nH]cc2c13. The number of hydrogen-bond donors (Lipinski definition) is 3. The molecular formula is C20H15N3O2. The quantitative estimate of drug-likeness (QED) is 0.632. The molecule has 5 nitrogen and oxygen atoms in total. The highest BCUT2D eigenvalue weighted by atomic mass is 16.2. The molecule has 0 fully saturated rings. The van der Waals surface area contributed by atoms with Gasteiger partial charge in [-0.1, -0.05) is 42.5 Å². The van der Waals surface area contributed by atoms with Gasteiger partial charge < -0.3 is 10.3 Å². The van der Waals surface area contributed by atoms with Crippen molar-refractivity contribution in [2.45, 2.75) is 12.5 Å². The summed E-state index contributed by atoms with van der Waals surface area (Å²) in [6, 6.07) is 16.1. The number of aromatic nitrogens is 1. The molecule has 1 atom stereocenters. The third-order valence-corrected chi connectivity index (χ3v) is 4.92. The number of carbonyl (C=O) groups excluding carboxylic acids is 2. The van der Waals surface area contributed by atoms with Gasteiger partial charge in [-0.2, -0.15) is 0 Å². The summed E-state index contributed by atoms with van der Waals surface area (Å²) in [4.78, 5) is 27.9. The molecule has 0 spiro atoms. The predicted molar refractivity (Wildman–Crippen MR) is 94.4 cm³/mol. The molecule has 2 aromatic carbocycles. The molecule has 0 saturated carbocycles. The van der Waals surface area contributed by atoms with E-state index in [1.807, 2.05) is 36.5 Å². The van der Waals surface area contributed by atoms with E-state index >= 15 is 0 Å². The molecule has 0 saturated heterocycles. The van der Waals surface area contributed by atoms with Crippen LogP contribution in [0.4, 0.5) is 0 Å². The van der Waals surface area contributed by atoms with E-state index in [0.29, 0.717) is 11.3 Å². The van der Waals surface area contributed by atoms with Crippen molar-refractivity contribution < 1.29 is 9.59 Å². The Morgan fingerprint density at radius 1 is 0.920 bits per heavy atom. The number of imide groups is 1. The van der Waals surface area contributed by atoms with Crippen molar-refractivity contribution in [3.8, 4) is 0 Å². The van der Waals surface area contributed by atoms with Crippen LogP contribution in [0.15, 0.2) is 60.4 Å². The van der Waals surface area contributed by atoms with Crippen molar-refractivity contribution >= 4 is 28.3 Å². The molecule has 1 unspecified atom stereocenters. The molecule has 0 radical (unpaired) electrons. The Kier molecular flexibility index (Phi) is 2.85. The Bertz CT molecular complexity index is 1060. The highest BCUT2D eigenvalue weighted by Crippen LogP contribution is 2.38. The first-order chi connectivity index (χ1) is 12.2. The summed E-state index contributed by atoms with van der Waals surface area (Å²) in [6.07, 6.45) is 2.54. The van der Waals surface area contributed by atoms with Gasteiger partial charge in [0, 0.05) is 22.7 Å². The summed E-state index contributed by atoms with van der Waals surface area (Å²) in [7, 11) is 0. The fraction of sp³-hybridized carbons (Fsp3) is 0.100. The third-order valence-electron chi connectivity index (χ3n) is 4.92. The molecule has 25 heavy (non-hydrogen) atoms. The van der Waals surface area contributed by atoms with Gasteiger partial charge in [0.25, 0.3) is 11.8 Å². The first-order valence-corrected chi connectivity index (χ1v) is 8.23. The van der Waals surface area contributed by atoms with Crippen LogP contribution in [0.25, 0.3) is 16.5 Å². The van der Waals surface area contributed by atoms with E-state index in [4.69, 9.17) is 0 Å². The van der Waals surface area contributed by atoms with Crippen LogP contribution >= 0.6 is 0 Å². The Labute approximate surface area is 143 Å². The molecule has 3 N–H and O–H groups in total. The molecule has 5 rings (SSSR count). The van der Waals surface area contributed by atoms with E-state index in [9.17, 15) is 9.59 Å². The summed E-state index contributed by atoms with van der Waals surface area (Å²) in [5.74, 6) is -0.705. The van der Waals surface area contributed by atoms with Crippen LogP contribution in [0.2, 0.25) is 0 Å². The number of hydrogen-bond acceptors (Lipinski definition) is 3. The van der Waals surface area contributed by atoms with Crippen LogP contribution in [0.3, 0.4) is 0 Å². The number of rotatable bonds is 2. The van der Waals surface area contributed by atoms with Gasteiger partial charge in [0.15, 0.2) is 0 Å². The van der Waals surface area contributed by atoms with Gasteiger partial charge >= 0.3 is 0 Å². The maximum atomic E-state index is 12.3. The zero-order valence-corrected chi connectivity index (χ0v) is 13.3. The second kappa shape index (κ2) is 5.08. The average Bonchev–Trinajstić information content (AvgIpc) is 3.11. The molecule has 5 heteroatoms. The fourth-order valence-electron chi connectivity index (χ4n) is 3.81. The number of carbonyl (C=O) groups is 2. The van der Waals surface area contributed by atoms with Gasteiger partial charge in [-0.15, -0.1) is 0 Å². The van der Waals surface area contributed by atoms with Gasteiger partial charge in [0.05, 0.1) is 11.6 Å². The second-order valence-electron chi connectivity index (χ2n) is 6.39. The maximum absolute atomic E-state index is 12.3. The fourth-order valence-corrected chi connectivity index (χ4v) is 3.81. The predicted octanol–water partition coefficient (Wildman–Crippen LogP) is 2.42. The topological polar surface area (TPSA) is 74.0 Å². The van der Waals surface area contributed by atoms with Gasteiger partial charge in [0.2, 0.25) is 0 Å². The number of fused-ring (bicyclic) bond motifs is 1. The highest BCUT2D eigenvalue weighted by molar-refractivity contribution is 6.37. The van der Waals surface area contributed by atoms with Crippen molar-refractivity contribution in [3.05, 3.63) is 77.1 Å². The summed E-state index contributed by atoms with van der Waals surface area (Å²) >= 11 is 0. The molecule has 2 amide bonds. The summed E-state index contributed by atoms with van der Waals surface area (Å²) in [5.41, 5.74) is 4.80. The van der Waals surface area contributed by atoms with E-state index in [0.717, 1.165) is 28.5 Å². The minimum Gasteiger partial charge on any atom is -0.373 e. The molecule has 3 aromatic rings. The number of amides is 2. The average molecular weight is 329 g/mol. The highest BCUT2D eigenvalue weighted by Gasteiger charge is 2.37. The van der Waals surface area contributed by atoms with E-state index < -0.39 is 0 Å². The largest absolute Gasteiger partial charge is 0.373 e. The van der Waals surface area contributed by atoms with E-state index in [1.54, 1.807) is 0 Å². The molecule has 1 aromatic heterocycles. The van der Waals surface area contributed by atoms with Crippen LogP contribution in [-0.4, -0.2) is 16.8 Å². The standard InChI is InChI=1S/C20H15N3O2/c24-19-17-13-10-21-14-8-4-7-12(16(13)14)15(22-18(17)20(25)23-19)9-11-5-2-1-3-6-11/h1-8,10,15,21-22H,9H2,(H,23,24,25). The normalized spacial score (nSPS) is 18.8. The number of H-pyrrole nitrogens is 1. The van der Waals surface area contributed by atoms with Crippen molar-refractivity contribution in [2.75, 3.05) is 0 Å². The van der Waals surface area contributed by atoms with Gasteiger partial charge in [-0.25, -0.2) is 0 Å². The summed E-state index contributed by atoms with van der Waals surface area (Å²) in [6.45, 7) is 0. The lowest BCUT2D eigenvalue weighted by atomic mass is 9.94. The third kappa shape index (κ3) is 2.02. The van der Waals surface area contributed by atoms with Crippen LogP contribution in [0.1, 0.15) is 22.7 Å². The molecule has 0 aliphatic carbocycles. The molecule has 2 aliphatic heterocycles. The van der Waals surface area contributed by atoms with Gasteiger partial charge in [-0.3, -0.25) is 14.9 Å². The zero-order chi connectivity index (χ0) is 17.0. The Hall–Kier alpha value is -3.34. The second-order valence-corrected chi connectivity index (χ2v) is 6.39. The zero-order valence-electron chi connectivity index (χ0n) is 13.3. The minimum absolute atomic E-state index is 0.0928. The molecule has 122 valence electrons. The van der Waals surface area contributed by atoms with Gasteiger partial charge in [-0.05, 0) is 23.6 Å². The minimum atomic E-state index is -0.361. The van der Waals surface area contributed by atoms with Crippen LogP contribution in [0, 0.1) is 0 Å². The number of benzene rings is 2. The molecule has 2 aliphatic rings. The van der Waals surface area contributed by atoms with E-state index in [2.05, 4.69) is 33.8 Å². The van der Waals surface area contributed by atoms with Crippen molar-refractivity contribution in [3.63, 3.8) is 0 Å². The van der Waals surface area contributed by atoms with Crippen molar-refractivity contribution in [1.82, 2.24) is 15.6 Å². The lowest BCUT2D eigenvalue weighted by Gasteiger charge is -2.20.